The summed E-state index contributed by atoms with van der Waals surface area (Å²) in [5.41, 5.74) is 0.859. The second kappa shape index (κ2) is 9.43. The summed E-state index contributed by atoms with van der Waals surface area (Å²) in [6, 6.07) is 13.5. The van der Waals surface area contributed by atoms with E-state index in [0.29, 0.717) is 0 Å². The normalized spacial score (nSPS) is 12.5. The summed E-state index contributed by atoms with van der Waals surface area (Å²) < 4.78 is 9.95. The number of hydrogen-bond acceptors (Lipinski definition) is 7. The number of amides is 1. The molecule has 0 spiro atoms. The van der Waals surface area contributed by atoms with E-state index in [9.17, 15) is 20.1 Å². The zero-order valence-electron chi connectivity index (χ0n) is 14.6. The van der Waals surface area contributed by atoms with Crippen molar-refractivity contribution in [2.75, 3.05) is 13.7 Å². The number of methoxy groups -OCH3 is 1. The number of aliphatic hydroxyl groups is 2. The number of nitrogens with zero attached hydrogens (tertiary/aromatic N) is 1. The van der Waals surface area contributed by atoms with Crippen LogP contribution in [0.1, 0.15) is 22.8 Å². The Labute approximate surface area is 156 Å². The lowest BCUT2D eigenvalue weighted by Gasteiger charge is -2.20. The van der Waals surface area contributed by atoms with E-state index in [0.717, 1.165) is 5.56 Å². The molecule has 0 fully saturated rings. The van der Waals surface area contributed by atoms with Crippen molar-refractivity contribution < 1.29 is 29.6 Å². The number of phenolic OH excluding ortho intramolecular Hbond substituents is 1. The van der Waals surface area contributed by atoms with Gasteiger partial charge in [0.2, 0.25) is 0 Å². The molecule has 0 heterocycles. The standard InChI is InChI=1S/C19H20N2O6/c1-26-16-8-13(9-20)7-14(18(16)24)17(23)15(22)10-21-19(25)27-11-12-5-3-2-4-6-12/h2-8,15,17,22-24H,10-11H2,1H3,(H,21,25). The first kappa shape index (κ1) is 20.0. The van der Waals surface area contributed by atoms with Gasteiger partial charge in [0.05, 0.1) is 18.7 Å². The lowest BCUT2D eigenvalue weighted by molar-refractivity contribution is 0.0169. The molecule has 1 amide bonds. The van der Waals surface area contributed by atoms with Gasteiger partial charge in [-0.2, -0.15) is 5.26 Å². The van der Waals surface area contributed by atoms with Crippen molar-refractivity contribution in [3.63, 3.8) is 0 Å². The van der Waals surface area contributed by atoms with E-state index in [1.54, 1.807) is 12.1 Å². The fraction of sp³-hybridized carbons (Fsp3) is 0.263. The van der Waals surface area contributed by atoms with Gasteiger partial charge in [-0.3, -0.25) is 0 Å². The summed E-state index contributed by atoms with van der Waals surface area (Å²) >= 11 is 0. The minimum absolute atomic E-state index is 0.00877. The molecule has 0 aliphatic rings. The number of nitrogens with one attached hydrogen (secondary N) is 1. The molecular formula is C19H20N2O6. The number of aliphatic hydroxyl groups excluding tert-OH is 2. The number of rotatable bonds is 7. The average Bonchev–Trinajstić information content (AvgIpc) is 2.70. The third kappa shape index (κ3) is 5.34. The van der Waals surface area contributed by atoms with Gasteiger partial charge in [0.25, 0.3) is 0 Å². The van der Waals surface area contributed by atoms with Gasteiger partial charge >= 0.3 is 6.09 Å². The number of carbonyl (C=O) groups is 1. The van der Waals surface area contributed by atoms with Gasteiger partial charge in [0.15, 0.2) is 11.5 Å². The Bertz CT molecular complexity index is 819. The molecule has 0 radical (unpaired) electrons. The van der Waals surface area contributed by atoms with E-state index in [2.05, 4.69) is 5.32 Å². The summed E-state index contributed by atoms with van der Waals surface area (Å²) in [6.45, 7) is -0.263. The predicted octanol–water partition coefficient (Wildman–Crippen LogP) is 1.59. The number of phenols is 1. The molecule has 0 aliphatic carbocycles. The van der Waals surface area contributed by atoms with Crippen molar-refractivity contribution in [2.45, 2.75) is 18.8 Å². The van der Waals surface area contributed by atoms with E-state index in [1.165, 1.54) is 19.2 Å². The summed E-state index contributed by atoms with van der Waals surface area (Å²) in [5, 5.41) is 41.8. The molecule has 8 heteroatoms. The molecular weight excluding hydrogens is 352 g/mol. The minimum atomic E-state index is -1.55. The summed E-state index contributed by atoms with van der Waals surface area (Å²) in [6.07, 6.45) is -3.77. The highest BCUT2D eigenvalue weighted by Crippen LogP contribution is 2.36. The van der Waals surface area contributed by atoms with E-state index in [4.69, 9.17) is 14.7 Å². The molecule has 2 atom stereocenters. The highest BCUT2D eigenvalue weighted by atomic mass is 16.5. The van der Waals surface area contributed by atoms with E-state index in [1.807, 2.05) is 24.3 Å². The molecule has 0 aromatic heterocycles. The third-order valence-corrected chi connectivity index (χ3v) is 3.80. The molecule has 2 aromatic carbocycles. The first-order chi connectivity index (χ1) is 13.0. The molecule has 0 saturated heterocycles. The van der Waals surface area contributed by atoms with Crippen molar-refractivity contribution in [1.82, 2.24) is 5.32 Å². The van der Waals surface area contributed by atoms with E-state index < -0.39 is 24.1 Å². The first-order valence-corrected chi connectivity index (χ1v) is 8.08. The number of benzene rings is 2. The topological polar surface area (TPSA) is 132 Å². The molecule has 27 heavy (non-hydrogen) atoms. The highest BCUT2D eigenvalue weighted by Gasteiger charge is 2.25. The van der Waals surface area contributed by atoms with Gasteiger partial charge in [-0.15, -0.1) is 0 Å². The van der Waals surface area contributed by atoms with Crippen molar-refractivity contribution in [3.05, 3.63) is 59.2 Å². The summed E-state index contributed by atoms with van der Waals surface area (Å²) in [7, 11) is 1.30. The maximum Gasteiger partial charge on any atom is 0.407 e. The maximum absolute atomic E-state index is 11.7. The Morgan fingerprint density at radius 1 is 1.26 bits per heavy atom. The Kier molecular flexibility index (Phi) is 7.00. The molecule has 0 saturated carbocycles. The van der Waals surface area contributed by atoms with Crippen molar-refractivity contribution in [3.8, 4) is 17.6 Å². The molecule has 2 rings (SSSR count). The quantitative estimate of drug-likeness (QED) is 0.580. The minimum Gasteiger partial charge on any atom is -0.504 e. The van der Waals surface area contributed by atoms with Crippen LogP contribution >= 0.6 is 0 Å². The Morgan fingerprint density at radius 3 is 2.59 bits per heavy atom. The van der Waals surface area contributed by atoms with Gasteiger partial charge in [-0.05, 0) is 11.6 Å². The molecule has 0 bridgehead atoms. The number of alkyl carbamates (subject to hydrolysis) is 1. The Morgan fingerprint density at radius 2 is 1.96 bits per heavy atom. The molecule has 8 nitrogen and oxygen atoms in total. The van der Waals surface area contributed by atoms with Crippen molar-refractivity contribution in [1.29, 1.82) is 5.26 Å². The van der Waals surface area contributed by atoms with Crippen LogP contribution in [0.3, 0.4) is 0 Å². The zero-order chi connectivity index (χ0) is 19.8. The molecule has 2 aromatic rings. The van der Waals surface area contributed by atoms with Crippen LogP contribution in [0.4, 0.5) is 4.79 Å². The molecule has 4 N–H and O–H groups in total. The van der Waals surface area contributed by atoms with Crippen LogP contribution in [0.15, 0.2) is 42.5 Å². The monoisotopic (exact) mass is 372 g/mol. The van der Waals surface area contributed by atoms with Crippen molar-refractivity contribution >= 4 is 6.09 Å². The van der Waals surface area contributed by atoms with Crippen LogP contribution in [0.25, 0.3) is 0 Å². The van der Waals surface area contributed by atoms with Gasteiger partial charge in [-0.25, -0.2) is 4.79 Å². The van der Waals surface area contributed by atoms with Crippen LogP contribution in [-0.4, -0.2) is 41.2 Å². The zero-order valence-corrected chi connectivity index (χ0v) is 14.6. The first-order valence-electron chi connectivity index (χ1n) is 8.08. The SMILES string of the molecule is COc1cc(C#N)cc(C(O)C(O)CNC(=O)OCc2ccccc2)c1O. The smallest absolute Gasteiger partial charge is 0.407 e. The average molecular weight is 372 g/mol. The third-order valence-electron chi connectivity index (χ3n) is 3.80. The molecule has 2 unspecified atom stereocenters. The lowest BCUT2D eigenvalue weighted by Crippen LogP contribution is -2.35. The highest BCUT2D eigenvalue weighted by molar-refractivity contribution is 5.67. The Balaban J connectivity index is 1.94. The second-order valence-corrected chi connectivity index (χ2v) is 5.68. The summed E-state index contributed by atoms with van der Waals surface area (Å²) in [5.74, 6) is -0.403. The van der Waals surface area contributed by atoms with Gasteiger partial charge in [-0.1, -0.05) is 30.3 Å². The van der Waals surface area contributed by atoms with Crippen LogP contribution in [-0.2, 0) is 11.3 Å². The predicted molar refractivity (Wildman–Crippen MR) is 95.0 cm³/mol. The number of hydrogen-bond donors (Lipinski definition) is 4. The molecule has 142 valence electrons. The fourth-order valence-electron chi connectivity index (χ4n) is 2.36. The lowest BCUT2D eigenvalue weighted by atomic mass is 10.00. The van der Waals surface area contributed by atoms with Crippen molar-refractivity contribution in [2.24, 2.45) is 0 Å². The summed E-state index contributed by atoms with van der Waals surface area (Å²) in [4.78, 5) is 11.7. The maximum atomic E-state index is 11.7. The van der Waals surface area contributed by atoms with Crippen LogP contribution < -0.4 is 10.1 Å². The van der Waals surface area contributed by atoms with Gasteiger partial charge in [0, 0.05) is 18.2 Å². The Hall–Kier alpha value is -3.28. The van der Waals surface area contributed by atoms with Crippen LogP contribution in [0, 0.1) is 11.3 Å². The van der Waals surface area contributed by atoms with Crippen LogP contribution in [0.5, 0.6) is 11.5 Å². The number of aromatic hydroxyl groups is 1. The number of carbonyl (C=O) groups excluding carboxylic acids is 1. The van der Waals surface area contributed by atoms with Gasteiger partial charge < -0.3 is 30.1 Å². The molecule has 0 aliphatic heterocycles. The second-order valence-electron chi connectivity index (χ2n) is 5.68. The van der Waals surface area contributed by atoms with Crippen LogP contribution in [0.2, 0.25) is 0 Å². The van der Waals surface area contributed by atoms with Gasteiger partial charge in [0.1, 0.15) is 18.8 Å². The largest absolute Gasteiger partial charge is 0.504 e. The fourth-order valence-corrected chi connectivity index (χ4v) is 2.36. The van der Waals surface area contributed by atoms with E-state index in [-0.39, 0.29) is 30.0 Å². The number of ether oxygens (including phenoxy) is 2. The van der Waals surface area contributed by atoms with E-state index >= 15 is 0 Å². The number of nitriles is 1.